The number of nitrogens with zero attached hydrogens (tertiary/aromatic N) is 6. The lowest BCUT2D eigenvalue weighted by molar-refractivity contribution is -0.131. The van der Waals surface area contributed by atoms with Crippen molar-refractivity contribution in [3.05, 3.63) is 12.2 Å². The zero-order valence-electron chi connectivity index (χ0n) is 17.4. The molecule has 0 radical (unpaired) electrons. The molecule has 0 aliphatic rings. The smallest absolute Gasteiger partial charge is 0.242 e. The van der Waals surface area contributed by atoms with Crippen molar-refractivity contribution < 1.29 is 9.53 Å². The van der Waals surface area contributed by atoms with Crippen LogP contribution < -0.4 is 5.32 Å². The number of likely N-dealkylation sites (N-methyl/N-ethyl adjacent to an activating group) is 2. The van der Waals surface area contributed by atoms with Gasteiger partial charge in [-0.15, -0.1) is 10.2 Å². The number of hydrogen-bond acceptors (Lipinski definition) is 5. The Labute approximate surface area is 162 Å². The van der Waals surface area contributed by atoms with Crippen molar-refractivity contribution in [1.82, 2.24) is 29.9 Å². The Hall–Kier alpha value is -2.16. The van der Waals surface area contributed by atoms with Crippen LogP contribution in [0.3, 0.4) is 0 Å². The predicted molar refractivity (Wildman–Crippen MR) is 107 cm³/mol. The predicted octanol–water partition coefficient (Wildman–Crippen LogP) is 0.623. The fraction of sp³-hybridized carbons (Fsp3) is 0.778. The molecule has 9 heteroatoms. The molecule has 1 aromatic heterocycles. The van der Waals surface area contributed by atoms with E-state index in [1.165, 1.54) is 0 Å². The summed E-state index contributed by atoms with van der Waals surface area (Å²) in [6.07, 6.45) is 3.42. The minimum absolute atomic E-state index is 0.0981. The largest absolute Gasteiger partial charge is 0.385 e. The van der Waals surface area contributed by atoms with Gasteiger partial charge in [0.05, 0.1) is 6.54 Å². The van der Waals surface area contributed by atoms with E-state index in [9.17, 15) is 4.79 Å². The molecule has 1 amide bonds. The Morgan fingerprint density at radius 3 is 2.70 bits per heavy atom. The van der Waals surface area contributed by atoms with Crippen LogP contribution >= 0.6 is 0 Å². The number of aryl methyl sites for hydroxylation is 1. The first-order valence-corrected chi connectivity index (χ1v) is 9.70. The maximum atomic E-state index is 12.4. The molecule has 0 aliphatic carbocycles. The highest BCUT2D eigenvalue weighted by Crippen LogP contribution is 1.97. The van der Waals surface area contributed by atoms with Gasteiger partial charge in [-0.25, -0.2) is 0 Å². The van der Waals surface area contributed by atoms with Crippen LogP contribution in [0.5, 0.6) is 0 Å². The number of hydrogen-bond donors (Lipinski definition) is 1. The number of methoxy groups -OCH3 is 1. The molecule has 0 unspecified atom stereocenters. The topological polar surface area (TPSA) is 87.9 Å². The van der Waals surface area contributed by atoms with Crippen LogP contribution in [0.1, 0.15) is 33.0 Å². The number of amides is 1. The summed E-state index contributed by atoms with van der Waals surface area (Å²) in [5, 5.41) is 11.4. The van der Waals surface area contributed by atoms with E-state index in [-0.39, 0.29) is 5.91 Å². The molecule has 0 bridgehead atoms. The summed E-state index contributed by atoms with van der Waals surface area (Å²) in [5.74, 6) is 1.78. The van der Waals surface area contributed by atoms with Gasteiger partial charge in [0.1, 0.15) is 12.2 Å². The third kappa shape index (κ3) is 7.94. The van der Waals surface area contributed by atoms with Crippen LogP contribution in [-0.2, 0) is 22.5 Å². The lowest BCUT2D eigenvalue weighted by atomic mass is 10.4. The summed E-state index contributed by atoms with van der Waals surface area (Å²) in [6.45, 7) is 10.5. The summed E-state index contributed by atoms with van der Waals surface area (Å²) in [7, 11) is 3.57. The van der Waals surface area contributed by atoms with Crippen LogP contribution in [-0.4, -0.2) is 89.9 Å². The SMILES string of the molecule is CCc1nncn1CCNC(=NCCCOC)N(C)CC(=O)N(CC)CC. The van der Waals surface area contributed by atoms with Crippen LogP contribution in [0.4, 0.5) is 0 Å². The molecule has 0 spiro atoms. The number of carbonyl (C=O) groups excluding carboxylic acids is 1. The highest BCUT2D eigenvalue weighted by atomic mass is 16.5. The highest BCUT2D eigenvalue weighted by molar-refractivity contribution is 5.86. The van der Waals surface area contributed by atoms with Gasteiger partial charge >= 0.3 is 0 Å². The lowest BCUT2D eigenvalue weighted by Gasteiger charge is -2.26. The Balaban J connectivity index is 2.66. The maximum absolute atomic E-state index is 12.4. The third-order valence-corrected chi connectivity index (χ3v) is 4.27. The zero-order chi connectivity index (χ0) is 20.1. The second-order valence-electron chi connectivity index (χ2n) is 6.19. The molecule has 1 heterocycles. The van der Waals surface area contributed by atoms with Crippen LogP contribution in [0.25, 0.3) is 0 Å². The van der Waals surface area contributed by atoms with E-state index >= 15 is 0 Å². The first-order chi connectivity index (χ1) is 13.1. The van der Waals surface area contributed by atoms with Crippen molar-refractivity contribution in [2.24, 2.45) is 4.99 Å². The average molecular weight is 382 g/mol. The average Bonchev–Trinajstić information content (AvgIpc) is 3.12. The maximum Gasteiger partial charge on any atom is 0.242 e. The molecule has 9 nitrogen and oxygen atoms in total. The third-order valence-electron chi connectivity index (χ3n) is 4.27. The summed E-state index contributed by atoms with van der Waals surface area (Å²) in [5.41, 5.74) is 0. The van der Waals surface area contributed by atoms with E-state index < -0.39 is 0 Å². The number of carbonyl (C=O) groups is 1. The summed E-state index contributed by atoms with van der Waals surface area (Å²) in [6, 6.07) is 0. The van der Waals surface area contributed by atoms with Crippen molar-refractivity contribution >= 4 is 11.9 Å². The van der Waals surface area contributed by atoms with Gasteiger partial charge in [0.15, 0.2) is 5.96 Å². The Morgan fingerprint density at radius 2 is 2.07 bits per heavy atom. The monoisotopic (exact) mass is 381 g/mol. The van der Waals surface area contributed by atoms with Crippen molar-refractivity contribution in [2.45, 2.75) is 40.2 Å². The zero-order valence-corrected chi connectivity index (χ0v) is 17.4. The molecule has 0 saturated carbocycles. The fourth-order valence-electron chi connectivity index (χ4n) is 2.69. The number of ether oxygens (including phenoxy) is 1. The van der Waals surface area contributed by atoms with Crippen molar-refractivity contribution in [3.63, 3.8) is 0 Å². The van der Waals surface area contributed by atoms with Crippen LogP contribution in [0, 0.1) is 0 Å². The van der Waals surface area contributed by atoms with Gasteiger partial charge in [0.2, 0.25) is 5.91 Å². The number of nitrogens with one attached hydrogen (secondary N) is 1. The first-order valence-electron chi connectivity index (χ1n) is 9.70. The molecule has 1 aromatic rings. The molecule has 0 fully saturated rings. The van der Waals surface area contributed by atoms with Gasteiger partial charge in [-0.1, -0.05) is 6.92 Å². The van der Waals surface area contributed by atoms with Crippen molar-refractivity contribution in [3.8, 4) is 0 Å². The van der Waals surface area contributed by atoms with Gasteiger partial charge in [-0.3, -0.25) is 9.79 Å². The molecule has 0 aromatic carbocycles. The minimum Gasteiger partial charge on any atom is -0.385 e. The van der Waals surface area contributed by atoms with Gasteiger partial charge in [-0.2, -0.15) is 0 Å². The molecule has 0 atom stereocenters. The van der Waals surface area contributed by atoms with E-state index in [0.29, 0.717) is 39.3 Å². The number of guanidine groups is 1. The van der Waals surface area contributed by atoms with Crippen LogP contribution in [0.2, 0.25) is 0 Å². The number of rotatable bonds is 12. The molecule has 1 N–H and O–H groups in total. The second kappa shape index (κ2) is 13.1. The number of aromatic nitrogens is 3. The first kappa shape index (κ1) is 22.9. The van der Waals surface area contributed by atoms with E-state index in [1.807, 2.05) is 35.3 Å². The lowest BCUT2D eigenvalue weighted by Crippen LogP contribution is -2.46. The van der Waals surface area contributed by atoms with Crippen molar-refractivity contribution in [1.29, 1.82) is 0 Å². The Kier molecular flexibility index (Phi) is 11.1. The molecular formula is C18H35N7O2. The van der Waals surface area contributed by atoms with Gasteiger partial charge < -0.3 is 24.4 Å². The van der Waals surface area contributed by atoms with E-state index in [2.05, 4.69) is 27.4 Å². The van der Waals surface area contributed by atoms with E-state index in [1.54, 1.807) is 13.4 Å². The Morgan fingerprint density at radius 1 is 1.33 bits per heavy atom. The minimum atomic E-state index is 0.0981. The van der Waals surface area contributed by atoms with Gasteiger partial charge in [-0.05, 0) is 20.3 Å². The highest BCUT2D eigenvalue weighted by Gasteiger charge is 2.15. The van der Waals surface area contributed by atoms with E-state index in [4.69, 9.17) is 4.74 Å². The number of aliphatic imine (C=N–C) groups is 1. The quantitative estimate of drug-likeness (QED) is 0.324. The molecule has 0 aliphatic heterocycles. The van der Waals surface area contributed by atoms with Gasteiger partial charge in [0.25, 0.3) is 0 Å². The molecule has 27 heavy (non-hydrogen) atoms. The fourth-order valence-corrected chi connectivity index (χ4v) is 2.69. The second-order valence-corrected chi connectivity index (χ2v) is 6.19. The van der Waals surface area contributed by atoms with Gasteiger partial charge in [0, 0.05) is 59.9 Å². The molecule has 0 saturated heterocycles. The summed E-state index contributed by atoms with van der Waals surface area (Å²) >= 11 is 0. The molecule has 1 rings (SSSR count). The van der Waals surface area contributed by atoms with Crippen molar-refractivity contribution in [2.75, 3.05) is 53.5 Å². The summed E-state index contributed by atoms with van der Waals surface area (Å²) < 4.78 is 7.11. The standard InChI is InChI=1S/C18H35N7O2/c1-6-16-22-21-15-25(16)12-11-20-18(19-10-9-13-27-5)23(4)14-17(26)24(7-2)8-3/h15H,6-14H2,1-5H3,(H,19,20). The molecular weight excluding hydrogens is 346 g/mol. The van der Waals surface area contributed by atoms with E-state index in [0.717, 1.165) is 31.2 Å². The Bertz CT molecular complexity index is 570. The normalized spacial score (nSPS) is 11.5. The van der Waals surface area contributed by atoms with Crippen LogP contribution in [0.15, 0.2) is 11.3 Å². The summed E-state index contributed by atoms with van der Waals surface area (Å²) in [4.78, 5) is 20.7. The molecule has 154 valence electrons.